The summed E-state index contributed by atoms with van der Waals surface area (Å²) in [5.74, 6) is -0.709. The quantitative estimate of drug-likeness (QED) is 0.913. The van der Waals surface area contributed by atoms with Gasteiger partial charge in [0.2, 0.25) is 0 Å². The van der Waals surface area contributed by atoms with E-state index in [1.54, 1.807) is 12.1 Å². The van der Waals surface area contributed by atoms with E-state index in [1.807, 2.05) is 4.90 Å². The number of benzene rings is 1. The highest BCUT2D eigenvalue weighted by Crippen LogP contribution is 2.31. The minimum atomic E-state index is -0.868. The summed E-state index contributed by atoms with van der Waals surface area (Å²) >= 11 is 0. The SMILES string of the molecule is C[C@@H]1CC[C@@H](C)N(C(C(=O)O)c2ccc(F)cc2)C1. The third-order valence-corrected chi connectivity index (χ3v) is 3.92. The van der Waals surface area contributed by atoms with Crippen molar-refractivity contribution >= 4 is 5.97 Å². The largest absolute Gasteiger partial charge is 0.480 e. The predicted molar refractivity (Wildman–Crippen MR) is 71.3 cm³/mol. The number of rotatable bonds is 3. The molecule has 0 amide bonds. The van der Waals surface area contributed by atoms with Gasteiger partial charge in [-0.15, -0.1) is 0 Å². The number of carboxylic acid groups (broad SMARTS) is 1. The molecule has 0 spiro atoms. The molecule has 1 aliphatic heterocycles. The molecule has 1 aliphatic rings. The van der Waals surface area contributed by atoms with Gasteiger partial charge in [-0.05, 0) is 43.4 Å². The van der Waals surface area contributed by atoms with Crippen LogP contribution in [0.5, 0.6) is 0 Å². The van der Waals surface area contributed by atoms with Gasteiger partial charge in [-0.1, -0.05) is 19.1 Å². The van der Waals surface area contributed by atoms with Crippen LogP contribution >= 0.6 is 0 Å². The molecule has 19 heavy (non-hydrogen) atoms. The Morgan fingerprint density at radius 2 is 1.95 bits per heavy atom. The van der Waals surface area contributed by atoms with Gasteiger partial charge in [0, 0.05) is 12.6 Å². The third kappa shape index (κ3) is 3.13. The van der Waals surface area contributed by atoms with Crippen molar-refractivity contribution in [2.24, 2.45) is 5.92 Å². The number of carboxylic acids is 1. The van der Waals surface area contributed by atoms with Crippen molar-refractivity contribution in [1.82, 2.24) is 4.90 Å². The minimum Gasteiger partial charge on any atom is -0.480 e. The first-order valence-corrected chi connectivity index (χ1v) is 6.73. The number of halogens is 1. The molecule has 104 valence electrons. The van der Waals surface area contributed by atoms with Crippen molar-refractivity contribution in [2.45, 2.75) is 38.8 Å². The molecule has 3 atom stereocenters. The summed E-state index contributed by atoms with van der Waals surface area (Å²) in [7, 11) is 0. The second kappa shape index (κ2) is 5.70. The fourth-order valence-electron chi connectivity index (χ4n) is 2.80. The molecule has 1 aromatic carbocycles. The van der Waals surface area contributed by atoms with Gasteiger partial charge in [0.1, 0.15) is 11.9 Å². The lowest BCUT2D eigenvalue weighted by molar-refractivity contribution is -0.145. The Bertz CT molecular complexity index is 446. The summed E-state index contributed by atoms with van der Waals surface area (Å²) in [6, 6.07) is 5.34. The molecule has 1 aromatic rings. The Hall–Kier alpha value is -1.42. The van der Waals surface area contributed by atoms with Crippen LogP contribution in [-0.2, 0) is 4.79 Å². The molecule has 2 rings (SSSR count). The van der Waals surface area contributed by atoms with Crippen molar-refractivity contribution in [2.75, 3.05) is 6.54 Å². The molecule has 0 aromatic heterocycles. The molecule has 0 aliphatic carbocycles. The zero-order valence-corrected chi connectivity index (χ0v) is 11.3. The number of hydrogen-bond acceptors (Lipinski definition) is 2. The lowest BCUT2D eigenvalue weighted by Gasteiger charge is -2.40. The standard InChI is InChI=1S/C15H20FNO2/c1-10-3-4-11(2)17(9-10)14(15(18)19)12-5-7-13(16)8-6-12/h5-8,10-11,14H,3-4,9H2,1-2H3,(H,18,19)/t10-,11-,14?/m1/s1. The van der Waals surface area contributed by atoms with Gasteiger partial charge in [0.05, 0.1) is 0 Å². The highest BCUT2D eigenvalue weighted by molar-refractivity contribution is 5.75. The molecule has 0 bridgehead atoms. The van der Waals surface area contributed by atoms with Gasteiger partial charge in [0.15, 0.2) is 0 Å². The molecule has 1 heterocycles. The van der Waals surface area contributed by atoms with Gasteiger partial charge >= 0.3 is 5.97 Å². The Morgan fingerprint density at radius 3 is 2.53 bits per heavy atom. The van der Waals surface area contributed by atoms with Crippen molar-refractivity contribution < 1.29 is 14.3 Å². The summed E-state index contributed by atoms with van der Waals surface area (Å²) in [5, 5.41) is 9.52. The number of nitrogens with zero attached hydrogens (tertiary/aromatic N) is 1. The topological polar surface area (TPSA) is 40.5 Å². The Balaban J connectivity index is 2.29. The van der Waals surface area contributed by atoms with Crippen LogP contribution < -0.4 is 0 Å². The fourth-order valence-corrected chi connectivity index (χ4v) is 2.80. The maximum atomic E-state index is 13.0. The van der Waals surface area contributed by atoms with E-state index >= 15 is 0 Å². The lowest BCUT2D eigenvalue weighted by atomic mass is 9.91. The van der Waals surface area contributed by atoms with Gasteiger partial charge in [-0.3, -0.25) is 9.69 Å². The van der Waals surface area contributed by atoms with Gasteiger partial charge in [-0.25, -0.2) is 4.39 Å². The van der Waals surface area contributed by atoms with Crippen LogP contribution in [0.3, 0.4) is 0 Å². The summed E-state index contributed by atoms with van der Waals surface area (Å²) < 4.78 is 13.0. The van der Waals surface area contributed by atoms with Crippen LogP contribution in [0.15, 0.2) is 24.3 Å². The minimum absolute atomic E-state index is 0.238. The summed E-state index contributed by atoms with van der Waals surface area (Å²) in [6.45, 7) is 4.98. The zero-order valence-electron chi connectivity index (χ0n) is 11.3. The van der Waals surface area contributed by atoms with E-state index in [-0.39, 0.29) is 11.9 Å². The molecule has 0 saturated carbocycles. The number of carbonyl (C=O) groups is 1. The molecule has 3 nitrogen and oxygen atoms in total. The normalized spacial score (nSPS) is 26.1. The van der Waals surface area contributed by atoms with E-state index in [1.165, 1.54) is 12.1 Å². The highest BCUT2D eigenvalue weighted by Gasteiger charge is 2.34. The molecule has 4 heteroatoms. The van der Waals surface area contributed by atoms with Gasteiger partial charge in [0.25, 0.3) is 0 Å². The van der Waals surface area contributed by atoms with Crippen LogP contribution in [0, 0.1) is 11.7 Å². The molecule has 1 saturated heterocycles. The first-order chi connectivity index (χ1) is 8.99. The maximum absolute atomic E-state index is 13.0. The molecule has 1 fully saturated rings. The van der Waals surface area contributed by atoms with E-state index < -0.39 is 12.0 Å². The summed E-state index contributed by atoms with van der Waals surface area (Å²) in [4.78, 5) is 13.6. The van der Waals surface area contributed by atoms with Crippen LogP contribution in [0.2, 0.25) is 0 Å². The Morgan fingerprint density at radius 1 is 1.32 bits per heavy atom. The Kier molecular flexibility index (Phi) is 4.20. The molecule has 1 N–H and O–H groups in total. The fraction of sp³-hybridized carbons (Fsp3) is 0.533. The predicted octanol–water partition coefficient (Wildman–Crippen LogP) is 3.07. The van der Waals surface area contributed by atoms with Crippen molar-refractivity contribution in [3.05, 3.63) is 35.6 Å². The average Bonchev–Trinajstić information content (AvgIpc) is 2.36. The van der Waals surface area contributed by atoms with Crippen molar-refractivity contribution in [3.8, 4) is 0 Å². The van der Waals surface area contributed by atoms with Gasteiger partial charge < -0.3 is 5.11 Å². The number of likely N-dealkylation sites (tertiary alicyclic amines) is 1. The highest BCUT2D eigenvalue weighted by atomic mass is 19.1. The van der Waals surface area contributed by atoms with Crippen LogP contribution in [-0.4, -0.2) is 28.6 Å². The van der Waals surface area contributed by atoms with E-state index in [2.05, 4.69) is 13.8 Å². The molecule has 1 unspecified atom stereocenters. The number of piperidine rings is 1. The van der Waals surface area contributed by atoms with Crippen LogP contribution in [0.1, 0.15) is 38.3 Å². The van der Waals surface area contributed by atoms with Crippen LogP contribution in [0.25, 0.3) is 0 Å². The molecular weight excluding hydrogens is 245 g/mol. The molecular formula is C15H20FNO2. The van der Waals surface area contributed by atoms with Crippen molar-refractivity contribution in [1.29, 1.82) is 0 Å². The number of hydrogen-bond donors (Lipinski definition) is 1. The first-order valence-electron chi connectivity index (χ1n) is 6.73. The smallest absolute Gasteiger partial charge is 0.325 e. The lowest BCUT2D eigenvalue weighted by Crippen LogP contribution is -2.45. The zero-order chi connectivity index (χ0) is 14.0. The summed E-state index contributed by atoms with van der Waals surface area (Å²) in [5.41, 5.74) is 0.648. The van der Waals surface area contributed by atoms with E-state index in [0.717, 1.165) is 19.4 Å². The molecule has 0 radical (unpaired) electrons. The van der Waals surface area contributed by atoms with Crippen LogP contribution in [0.4, 0.5) is 4.39 Å². The first kappa shape index (κ1) is 14.0. The Labute approximate surface area is 113 Å². The second-order valence-corrected chi connectivity index (χ2v) is 5.52. The van der Waals surface area contributed by atoms with E-state index in [0.29, 0.717) is 11.5 Å². The van der Waals surface area contributed by atoms with E-state index in [9.17, 15) is 14.3 Å². The second-order valence-electron chi connectivity index (χ2n) is 5.52. The maximum Gasteiger partial charge on any atom is 0.325 e. The van der Waals surface area contributed by atoms with Crippen molar-refractivity contribution in [3.63, 3.8) is 0 Å². The average molecular weight is 265 g/mol. The third-order valence-electron chi connectivity index (χ3n) is 3.92. The monoisotopic (exact) mass is 265 g/mol. The van der Waals surface area contributed by atoms with E-state index in [4.69, 9.17) is 0 Å². The summed E-state index contributed by atoms with van der Waals surface area (Å²) in [6.07, 6.45) is 2.14. The van der Waals surface area contributed by atoms with Gasteiger partial charge in [-0.2, -0.15) is 0 Å². The number of aliphatic carboxylic acids is 1.